The molecule has 1 heterocycles. The molecule has 0 radical (unpaired) electrons. The lowest BCUT2D eigenvalue weighted by atomic mass is 9.75. The van der Waals surface area contributed by atoms with E-state index in [1.165, 1.54) is 0 Å². The van der Waals surface area contributed by atoms with E-state index in [4.69, 9.17) is 9.47 Å². The number of hydrogen-bond acceptors (Lipinski definition) is 3. The first-order valence-electron chi connectivity index (χ1n) is 7.11. The highest BCUT2D eigenvalue weighted by molar-refractivity contribution is 5.48. The molecule has 3 heteroatoms. The molecule has 1 unspecified atom stereocenters. The zero-order valence-corrected chi connectivity index (χ0v) is 13.6. The van der Waals surface area contributed by atoms with Crippen LogP contribution >= 0.6 is 0 Å². The topological polar surface area (TPSA) is 38.7 Å². The largest absolute Gasteiger partial charge is 0.496 e. The van der Waals surface area contributed by atoms with Gasteiger partial charge in [-0.05, 0) is 58.7 Å². The van der Waals surface area contributed by atoms with Gasteiger partial charge in [0.2, 0.25) is 0 Å². The minimum absolute atomic E-state index is 0.361. The summed E-state index contributed by atoms with van der Waals surface area (Å²) in [5.41, 5.74) is 0.937. The van der Waals surface area contributed by atoms with Gasteiger partial charge in [0.1, 0.15) is 11.4 Å². The number of aryl methyl sites for hydroxylation is 2. The number of methoxy groups -OCH3 is 1. The van der Waals surface area contributed by atoms with Crippen LogP contribution in [0.1, 0.15) is 50.8 Å². The molecule has 2 rings (SSSR count). The second kappa shape index (κ2) is 4.47. The SMILES string of the molecule is COc1cc(C)cc(C)c1C1(O)CC(C)(C)OC1(C)C. The fraction of sp³-hybridized carbons (Fsp3) is 0.647. The summed E-state index contributed by atoms with van der Waals surface area (Å²) in [5.74, 6) is 0.736. The molecule has 20 heavy (non-hydrogen) atoms. The van der Waals surface area contributed by atoms with Gasteiger partial charge in [0.25, 0.3) is 0 Å². The Morgan fingerprint density at radius 1 is 1.15 bits per heavy atom. The lowest BCUT2D eigenvalue weighted by Crippen LogP contribution is -2.44. The van der Waals surface area contributed by atoms with E-state index in [0.717, 1.165) is 22.4 Å². The van der Waals surface area contributed by atoms with E-state index in [9.17, 15) is 5.11 Å². The van der Waals surface area contributed by atoms with Crippen LogP contribution in [0.3, 0.4) is 0 Å². The molecule has 0 amide bonds. The Morgan fingerprint density at radius 2 is 1.75 bits per heavy atom. The van der Waals surface area contributed by atoms with Gasteiger partial charge in [0, 0.05) is 12.0 Å². The van der Waals surface area contributed by atoms with Gasteiger partial charge >= 0.3 is 0 Å². The molecule has 1 aromatic rings. The quantitative estimate of drug-likeness (QED) is 0.900. The molecule has 1 aromatic carbocycles. The van der Waals surface area contributed by atoms with Crippen LogP contribution in [0.2, 0.25) is 0 Å². The molecular formula is C17H26O3. The summed E-state index contributed by atoms with van der Waals surface area (Å²) in [5, 5.41) is 11.4. The van der Waals surface area contributed by atoms with Crippen molar-refractivity contribution in [2.75, 3.05) is 7.11 Å². The Morgan fingerprint density at radius 3 is 2.20 bits per heavy atom. The first kappa shape index (κ1) is 15.3. The molecule has 1 aliphatic heterocycles. The molecule has 0 saturated carbocycles. The van der Waals surface area contributed by atoms with Crippen molar-refractivity contribution in [1.82, 2.24) is 0 Å². The lowest BCUT2D eigenvalue weighted by Gasteiger charge is -2.37. The van der Waals surface area contributed by atoms with Gasteiger partial charge in [-0.1, -0.05) is 6.07 Å². The molecule has 0 aromatic heterocycles. The van der Waals surface area contributed by atoms with Crippen molar-refractivity contribution in [3.63, 3.8) is 0 Å². The predicted octanol–water partition coefficient (Wildman–Crippen LogP) is 3.48. The average molecular weight is 278 g/mol. The van der Waals surface area contributed by atoms with E-state index < -0.39 is 11.2 Å². The first-order valence-corrected chi connectivity index (χ1v) is 7.11. The van der Waals surface area contributed by atoms with Crippen molar-refractivity contribution in [3.05, 3.63) is 28.8 Å². The molecular weight excluding hydrogens is 252 g/mol. The highest BCUT2D eigenvalue weighted by Gasteiger charge is 2.58. The minimum Gasteiger partial charge on any atom is -0.496 e. The van der Waals surface area contributed by atoms with Gasteiger partial charge in [-0.25, -0.2) is 0 Å². The third-order valence-electron chi connectivity index (χ3n) is 4.29. The molecule has 1 N–H and O–H groups in total. The standard InChI is InChI=1S/C17H26O3/c1-11-8-12(2)14(13(9-11)19-7)17(18)10-15(3,4)20-16(17,5)6/h8-9,18H,10H2,1-7H3. The van der Waals surface area contributed by atoms with E-state index in [1.807, 2.05) is 47.6 Å². The van der Waals surface area contributed by atoms with Crippen LogP contribution in [0, 0.1) is 13.8 Å². The Hall–Kier alpha value is -1.06. The second-order valence-corrected chi connectivity index (χ2v) is 7.07. The van der Waals surface area contributed by atoms with Gasteiger partial charge in [0.15, 0.2) is 0 Å². The van der Waals surface area contributed by atoms with Crippen molar-refractivity contribution < 1.29 is 14.6 Å². The van der Waals surface area contributed by atoms with Gasteiger partial charge in [-0.15, -0.1) is 0 Å². The van der Waals surface area contributed by atoms with Gasteiger partial charge in [-0.3, -0.25) is 0 Å². The van der Waals surface area contributed by atoms with E-state index >= 15 is 0 Å². The number of benzene rings is 1. The highest BCUT2D eigenvalue weighted by atomic mass is 16.5. The van der Waals surface area contributed by atoms with Crippen molar-refractivity contribution in [3.8, 4) is 5.75 Å². The Balaban J connectivity index is 2.67. The predicted molar refractivity (Wildman–Crippen MR) is 80.2 cm³/mol. The normalized spacial score (nSPS) is 27.6. The monoisotopic (exact) mass is 278 g/mol. The number of rotatable bonds is 2. The fourth-order valence-electron chi connectivity index (χ4n) is 3.65. The first-order chi connectivity index (χ1) is 9.02. The Kier molecular flexibility index (Phi) is 3.43. The van der Waals surface area contributed by atoms with Crippen LogP contribution in [-0.4, -0.2) is 23.4 Å². The summed E-state index contributed by atoms with van der Waals surface area (Å²) in [7, 11) is 1.65. The maximum atomic E-state index is 11.4. The van der Waals surface area contributed by atoms with Crippen molar-refractivity contribution in [2.24, 2.45) is 0 Å². The van der Waals surface area contributed by atoms with E-state index in [2.05, 4.69) is 6.07 Å². The zero-order valence-electron chi connectivity index (χ0n) is 13.6. The smallest absolute Gasteiger partial charge is 0.125 e. The van der Waals surface area contributed by atoms with Gasteiger partial charge in [-0.2, -0.15) is 0 Å². The number of ether oxygens (including phenoxy) is 2. The van der Waals surface area contributed by atoms with E-state index in [-0.39, 0.29) is 5.60 Å². The molecule has 3 nitrogen and oxygen atoms in total. The highest BCUT2D eigenvalue weighted by Crippen LogP contribution is 2.53. The van der Waals surface area contributed by atoms with Crippen LogP contribution in [0.25, 0.3) is 0 Å². The van der Waals surface area contributed by atoms with Gasteiger partial charge < -0.3 is 14.6 Å². The van der Waals surface area contributed by atoms with Crippen LogP contribution < -0.4 is 4.74 Å². The van der Waals surface area contributed by atoms with E-state index in [1.54, 1.807) is 7.11 Å². The molecule has 0 bridgehead atoms. The summed E-state index contributed by atoms with van der Waals surface area (Å²) in [6, 6.07) is 4.05. The average Bonchev–Trinajstić information content (AvgIpc) is 2.41. The maximum absolute atomic E-state index is 11.4. The summed E-state index contributed by atoms with van der Waals surface area (Å²) >= 11 is 0. The van der Waals surface area contributed by atoms with Crippen LogP contribution in [0.5, 0.6) is 5.75 Å². The Labute approximate surface area is 121 Å². The number of aliphatic hydroxyl groups is 1. The number of hydrogen-bond donors (Lipinski definition) is 1. The van der Waals surface area contributed by atoms with Crippen molar-refractivity contribution >= 4 is 0 Å². The second-order valence-electron chi connectivity index (χ2n) is 7.07. The summed E-state index contributed by atoms with van der Waals surface area (Å²) in [6.45, 7) is 12.0. The third kappa shape index (κ3) is 2.23. The van der Waals surface area contributed by atoms with E-state index in [0.29, 0.717) is 6.42 Å². The fourth-order valence-corrected chi connectivity index (χ4v) is 3.65. The molecule has 1 fully saturated rings. The van der Waals surface area contributed by atoms with Crippen LogP contribution in [-0.2, 0) is 10.3 Å². The molecule has 0 spiro atoms. The van der Waals surface area contributed by atoms with Crippen molar-refractivity contribution in [2.45, 2.75) is 64.8 Å². The van der Waals surface area contributed by atoms with Crippen molar-refractivity contribution in [1.29, 1.82) is 0 Å². The van der Waals surface area contributed by atoms with Crippen LogP contribution in [0.4, 0.5) is 0 Å². The molecule has 1 saturated heterocycles. The summed E-state index contributed by atoms with van der Waals surface area (Å²) in [4.78, 5) is 0. The Bertz CT molecular complexity index is 531. The maximum Gasteiger partial charge on any atom is 0.125 e. The molecule has 1 atom stereocenters. The lowest BCUT2D eigenvalue weighted by molar-refractivity contribution is -0.130. The minimum atomic E-state index is -1.06. The zero-order chi connectivity index (χ0) is 15.3. The van der Waals surface area contributed by atoms with Crippen LogP contribution in [0.15, 0.2) is 12.1 Å². The summed E-state index contributed by atoms with van der Waals surface area (Å²) in [6.07, 6.45) is 0.549. The molecule has 112 valence electrons. The molecule has 1 aliphatic rings. The van der Waals surface area contributed by atoms with Gasteiger partial charge in [0.05, 0.1) is 18.3 Å². The summed E-state index contributed by atoms with van der Waals surface area (Å²) < 4.78 is 11.6. The third-order valence-corrected chi connectivity index (χ3v) is 4.29. The molecule has 0 aliphatic carbocycles.